The van der Waals surface area contributed by atoms with Crippen molar-refractivity contribution >= 4 is 52.3 Å². The Hall–Kier alpha value is -0.930. The highest BCUT2D eigenvalue weighted by Gasteiger charge is 2.12. The van der Waals surface area contributed by atoms with E-state index in [9.17, 15) is 4.79 Å². The minimum atomic E-state index is -0.538. The van der Waals surface area contributed by atoms with Crippen LogP contribution in [-0.4, -0.2) is 5.91 Å². The third-order valence-corrected chi connectivity index (χ3v) is 4.07. The molecule has 0 aliphatic carbocycles. The maximum atomic E-state index is 11.2. The zero-order chi connectivity index (χ0) is 14.2. The van der Waals surface area contributed by atoms with Crippen molar-refractivity contribution < 1.29 is 4.79 Å². The predicted molar refractivity (Wildman–Crippen MR) is 80.4 cm³/mol. The molecule has 0 bridgehead atoms. The number of primary amides is 1. The van der Waals surface area contributed by atoms with Crippen LogP contribution in [0.4, 0.5) is 0 Å². The number of rotatable bonds is 2. The Bertz CT molecular complexity index is 647. The molecule has 2 nitrogen and oxygen atoms in total. The molecule has 0 fully saturated rings. The Morgan fingerprint density at radius 3 is 2.00 bits per heavy atom. The van der Waals surface area contributed by atoms with Gasteiger partial charge in [0.1, 0.15) is 0 Å². The Balaban J connectivity index is 2.64. The predicted octanol–water partition coefficient (Wildman–Crippen LogP) is 5.07. The van der Waals surface area contributed by atoms with Gasteiger partial charge in [0.15, 0.2) is 0 Å². The molecule has 0 aliphatic heterocycles. The van der Waals surface area contributed by atoms with Crippen molar-refractivity contribution in [1.29, 1.82) is 0 Å². The lowest BCUT2D eigenvalue weighted by Crippen LogP contribution is -2.10. The molecule has 2 N–H and O–H groups in total. The molecular weight excluding hydrogens is 328 g/mol. The molecule has 0 heterocycles. The van der Waals surface area contributed by atoms with Crippen LogP contribution in [0, 0.1) is 0 Å². The largest absolute Gasteiger partial charge is 0.366 e. The van der Waals surface area contributed by atoms with E-state index in [1.54, 1.807) is 30.3 Å². The van der Waals surface area contributed by atoms with Crippen LogP contribution < -0.4 is 5.73 Å². The minimum Gasteiger partial charge on any atom is -0.366 e. The van der Waals surface area contributed by atoms with E-state index in [2.05, 4.69) is 0 Å². The fourth-order valence-electron chi connectivity index (χ4n) is 1.61. The number of nitrogens with two attached hydrogens (primary N) is 1. The van der Waals surface area contributed by atoms with Crippen LogP contribution in [0.15, 0.2) is 30.3 Å². The monoisotopic (exact) mass is 333 g/mol. The summed E-state index contributed by atoms with van der Waals surface area (Å²) in [4.78, 5) is 11.2. The van der Waals surface area contributed by atoms with Crippen molar-refractivity contribution in [2.24, 2.45) is 5.73 Å². The zero-order valence-corrected chi connectivity index (χ0v) is 12.4. The van der Waals surface area contributed by atoms with Gasteiger partial charge in [0.05, 0.1) is 15.1 Å². The summed E-state index contributed by atoms with van der Waals surface area (Å²) >= 11 is 23.9. The maximum Gasteiger partial charge on any atom is 0.248 e. The van der Waals surface area contributed by atoms with Gasteiger partial charge in [-0.05, 0) is 35.9 Å². The van der Waals surface area contributed by atoms with Crippen molar-refractivity contribution in [2.45, 2.75) is 0 Å². The topological polar surface area (TPSA) is 43.1 Å². The standard InChI is InChI=1S/C13H7Cl4NO/c14-9-2-1-6(13(18)19)3-8(9)7-4-10(15)12(17)11(16)5-7/h1-5H,(H2,18,19). The molecule has 0 saturated heterocycles. The van der Waals surface area contributed by atoms with E-state index < -0.39 is 5.91 Å². The summed E-state index contributed by atoms with van der Waals surface area (Å²) in [5.74, 6) is -0.538. The SMILES string of the molecule is NC(=O)c1ccc(Cl)c(-c2cc(Cl)c(Cl)c(Cl)c2)c1. The second kappa shape index (κ2) is 5.59. The van der Waals surface area contributed by atoms with E-state index >= 15 is 0 Å². The normalized spacial score (nSPS) is 10.5. The number of carbonyl (C=O) groups is 1. The van der Waals surface area contributed by atoms with E-state index in [1.807, 2.05) is 0 Å². The Morgan fingerprint density at radius 1 is 0.895 bits per heavy atom. The minimum absolute atomic E-state index is 0.272. The summed E-state index contributed by atoms with van der Waals surface area (Å²) in [6.45, 7) is 0. The second-order valence-corrected chi connectivity index (χ2v) is 5.41. The van der Waals surface area contributed by atoms with Gasteiger partial charge in [-0.25, -0.2) is 0 Å². The third kappa shape index (κ3) is 2.98. The number of hydrogen-bond donors (Lipinski definition) is 1. The van der Waals surface area contributed by atoms with Gasteiger partial charge in [-0.15, -0.1) is 0 Å². The fraction of sp³-hybridized carbons (Fsp3) is 0. The number of hydrogen-bond acceptors (Lipinski definition) is 1. The van der Waals surface area contributed by atoms with Crippen molar-refractivity contribution in [3.05, 3.63) is 56.0 Å². The Morgan fingerprint density at radius 2 is 1.47 bits per heavy atom. The average Bonchev–Trinajstić information content (AvgIpc) is 2.35. The third-order valence-electron chi connectivity index (χ3n) is 2.55. The summed E-state index contributed by atoms with van der Waals surface area (Å²) in [7, 11) is 0. The van der Waals surface area contributed by atoms with Crippen LogP contribution in [-0.2, 0) is 0 Å². The van der Waals surface area contributed by atoms with Crippen LogP contribution in [0.3, 0.4) is 0 Å². The number of benzene rings is 2. The van der Waals surface area contributed by atoms with E-state index in [0.29, 0.717) is 31.8 Å². The molecule has 1 amide bonds. The van der Waals surface area contributed by atoms with Crippen LogP contribution in [0.2, 0.25) is 20.1 Å². The molecule has 0 unspecified atom stereocenters. The quantitative estimate of drug-likeness (QED) is 0.766. The van der Waals surface area contributed by atoms with E-state index in [1.165, 1.54) is 0 Å². The molecule has 98 valence electrons. The van der Waals surface area contributed by atoms with Crippen molar-refractivity contribution in [3.63, 3.8) is 0 Å². The molecule has 2 aromatic rings. The fourth-order valence-corrected chi connectivity index (χ4v) is 2.43. The maximum absolute atomic E-state index is 11.2. The smallest absolute Gasteiger partial charge is 0.248 e. The molecule has 19 heavy (non-hydrogen) atoms. The first-order chi connectivity index (χ1) is 8.90. The van der Waals surface area contributed by atoms with Gasteiger partial charge in [0.2, 0.25) is 5.91 Å². The van der Waals surface area contributed by atoms with Gasteiger partial charge < -0.3 is 5.73 Å². The number of amides is 1. The average molecular weight is 335 g/mol. The second-order valence-electron chi connectivity index (χ2n) is 3.81. The van der Waals surface area contributed by atoms with Crippen molar-refractivity contribution in [2.75, 3.05) is 0 Å². The molecule has 6 heteroatoms. The van der Waals surface area contributed by atoms with Gasteiger partial charge in [-0.3, -0.25) is 4.79 Å². The molecule has 0 aliphatic rings. The highest BCUT2D eigenvalue weighted by Crippen LogP contribution is 2.37. The first-order valence-electron chi connectivity index (χ1n) is 5.14. The molecular formula is C13H7Cl4NO. The first kappa shape index (κ1) is 14.5. The molecule has 2 aromatic carbocycles. The lowest BCUT2D eigenvalue weighted by molar-refractivity contribution is 0.100. The van der Waals surface area contributed by atoms with Gasteiger partial charge >= 0.3 is 0 Å². The molecule has 0 saturated carbocycles. The zero-order valence-electron chi connectivity index (χ0n) is 9.38. The molecule has 0 spiro atoms. The van der Waals surface area contributed by atoms with Gasteiger partial charge in [-0.2, -0.15) is 0 Å². The summed E-state index contributed by atoms with van der Waals surface area (Å²) in [6, 6.07) is 7.98. The van der Waals surface area contributed by atoms with Crippen molar-refractivity contribution in [1.82, 2.24) is 0 Å². The molecule has 2 rings (SSSR count). The van der Waals surface area contributed by atoms with Crippen LogP contribution in [0.1, 0.15) is 10.4 Å². The Kier molecular flexibility index (Phi) is 4.26. The summed E-state index contributed by atoms with van der Waals surface area (Å²) in [5.41, 5.74) is 6.86. The van der Waals surface area contributed by atoms with E-state index in [-0.39, 0.29) is 5.02 Å². The summed E-state index contributed by atoms with van der Waals surface area (Å²) in [5, 5.41) is 1.35. The van der Waals surface area contributed by atoms with E-state index in [4.69, 9.17) is 52.1 Å². The van der Waals surface area contributed by atoms with Crippen LogP contribution in [0.25, 0.3) is 11.1 Å². The lowest BCUT2D eigenvalue weighted by Gasteiger charge is -2.09. The van der Waals surface area contributed by atoms with Gasteiger partial charge in [0.25, 0.3) is 0 Å². The highest BCUT2D eigenvalue weighted by molar-refractivity contribution is 6.48. The molecule has 0 radical (unpaired) electrons. The number of carbonyl (C=O) groups excluding carboxylic acids is 1. The Labute approximate surface area is 130 Å². The highest BCUT2D eigenvalue weighted by atomic mass is 35.5. The molecule has 0 aromatic heterocycles. The first-order valence-corrected chi connectivity index (χ1v) is 6.65. The van der Waals surface area contributed by atoms with Crippen LogP contribution >= 0.6 is 46.4 Å². The van der Waals surface area contributed by atoms with Gasteiger partial charge in [-0.1, -0.05) is 46.4 Å². The van der Waals surface area contributed by atoms with Crippen molar-refractivity contribution in [3.8, 4) is 11.1 Å². The van der Waals surface area contributed by atoms with E-state index in [0.717, 1.165) is 0 Å². The van der Waals surface area contributed by atoms with Crippen LogP contribution in [0.5, 0.6) is 0 Å². The molecule has 0 atom stereocenters. The summed E-state index contributed by atoms with van der Waals surface area (Å²) < 4.78 is 0. The summed E-state index contributed by atoms with van der Waals surface area (Å²) in [6.07, 6.45) is 0. The number of halogens is 4. The van der Waals surface area contributed by atoms with Gasteiger partial charge in [0, 0.05) is 16.1 Å². The lowest BCUT2D eigenvalue weighted by atomic mass is 10.0.